The van der Waals surface area contributed by atoms with E-state index in [1.807, 2.05) is 6.07 Å². The van der Waals surface area contributed by atoms with Gasteiger partial charge in [0.15, 0.2) is 11.5 Å². The normalized spacial score (nSPS) is 9.70. The molecule has 4 N–H and O–H groups in total. The van der Waals surface area contributed by atoms with Gasteiger partial charge < -0.3 is 16.6 Å². The topological polar surface area (TPSA) is 216 Å². The summed E-state index contributed by atoms with van der Waals surface area (Å²) in [5, 5.41) is 26.9. The van der Waals surface area contributed by atoms with Crippen LogP contribution in [0.2, 0.25) is 0 Å². The van der Waals surface area contributed by atoms with Crippen molar-refractivity contribution >= 4 is 28.4 Å². The smallest absolute Gasteiger partial charge is 0.850 e. The van der Waals surface area contributed by atoms with Crippen LogP contribution in [0.5, 0.6) is 0 Å². The minimum absolute atomic E-state index is 0. The van der Waals surface area contributed by atoms with Crippen molar-refractivity contribution in [2.24, 2.45) is 14.1 Å². The van der Waals surface area contributed by atoms with Crippen LogP contribution in [0, 0.1) is 17.9 Å². The third-order valence-corrected chi connectivity index (χ3v) is 4.21. The maximum Gasteiger partial charge on any atom is 1.00 e. The van der Waals surface area contributed by atoms with Gasteiger partial charge in [-0.15, -0.1) is 5.60 Å². The summed E-state index contributed by atoms with van der Waals surface area (Å²) in [4.78, 5) is 26.8. The summed E-state index contributed by atoms with van der Waals surface area (Å²) in [5.41, 5.74) is 12.8. The van der Waals surface area contributed by atoms with Crippen molar-refractivity contribution in [2.75, 3.05) is 11.5 Å². The minimum Gasteiger partial charge on any atom is -0.850 e. The molecule has 0 saturated carbocycles. The van der Waals surface area contributed by atoms with Gasteiger partial charge in [0.1, 0.15) is 30.4 Å². The Balaban J connectivity index is 0.000000296. The summed E-state index contributed by atoms with van der Waals surface area (Å²) in [7, 11) is 3.50. The first-order valence-electron chi connectivity index (χ1n) is 11.2. The number of fused-ring (bicyclic) bond motifs is 1. The maximum absolute atomic E-state index is 10.1. The van der Waals surface area contributed by atoms with Gasteiger partial charge in [-0.25, -0.2) is 34.7 Å². The number of nitrogen functional groups attached to an aromatic ring is 2. The second-order valence-corrected chi connectivity index (χ2v) is 8.57. The number of aromatic nitrogens is 10. The van der Waals surface area contributed by atoms with Gasteiger partial charge in [0.25, 0.3) is 0 Å². The van der Waals surface area contributed by atoms with Crippen LogP contribution in [-0.2, 0) is 14.1 Å². The Labute approximate surface area is 273 Å². The van der Waals surface area contributed by atoms with Crippen LogP contribution in [-0.4, -0.2) is 55.1 Å². The summed E-state index contributed by atoms with van der Waals surface area (Å²) in [6.45, 7) is 11.5. The molecule has 0 amide bonds. The molecule has 5 heterocycles. The number of hydrogen-bond acceptors (Lipinski definition) is 12. The number of rotatable bonds is 1. The van der Waals surface area contributed by atoms with Gasteiger partial charge in [0.05, 0.1) is 35.5 Å². The van der Waals surface area contributed by atoms with Gasteiger partial charge in [-0.05, 0) is 0 Å². The van der Waals surface area contributed by atoms with Crippen LogP contribution in [0.4, 0.5) is 17.3 Å². The quantitative estimate of drug-likeness (QED) is 0.174. The zero-order valence-corrected chi connectivity index (χ0v) is 26.2. The van der Waals surface area contributed by atoms with E-state index in [9.17, 15) is 5.11 Å². The van der Waals surface area contributed by atoms with E-state index in [1.54, 1.807) is 58.1 Å². The molecular weight excluding hydrogens is 539 g/mol. The summed E-state index contributed by atoms with van der Waals surface area (Å²) in [6, 6.07) is 1.90. The number of nitrogens with zero attached hydrogens (tertiary/aromatic N) is 12. The predicted molar refractivity (Wildman–Crippen MR) is 142 cm³/mol. The zero-order valence-electron chi connectivity index (χ0n) is 23.0. The second kappa shape index (κ2) is 16.3. The van der Waals surface area contributed by atoms with Crippen LogP contribution in [0.15, 0.2) is 49.8 Å². The molecule has 0 aliphatic carbocycles. The molecule has 5 aromatic rings. The molecule has 5 aromatic heterocycles. The number of anilines is 2. The van der Waals surface area contributed by atoms with Gasteiger partial charge >= 0.3 is 51.4 Å². The Hall–Kier alpha value is -3.90. The summed E-state index contributed by atoms with van der Waals surface area (Å²) >= 11 is 0. The number of aryl methyl sites for hydroxylation is 2. The predicted octanol–water partition coefficient (Wildman–Crippen LogP) is -1.55. The summed E-state index contributed by atoms with van der Waals surface area (Å²) < 4.78 is 3.12. The standard InChI is InChI=1S/C10H9N7.C5H6N4.C5H3N3.C4H9O.K/c1-17-10-7(4-14-17)8(11)15-9(16-10)6-2-12-5-13-3-6;1-7-4-3-8-9(2)5(4)6;6-1-5-2-7-4-8-3-5;1-4(2,3)5;/h2-5H,1H3,(H2,11,15,16);3H,6H2,2H3;2-4H;1-3H3;/q;;;-1;+1. The van der Waals surface area contributed by atoms with Gasteiger partial charge in [-0.1, -0.05) is 20.8 Å². The first-order chi connectivity index (χ1) is 18.4. The molecule has 0 unspecified atom stereocenters. The van der Waals surface area contributed by atoms with E-state index in [-0.39, 0.29) is 51.4 Å². The monoisotopic (exact) mass is 566 g/mol. The molecule has 0 radical (unpaired) electrons. The Bertz CT molecular complexity index is 1560. The van der Waals surface area contributed by atoms with E-state index >= 15 is 0 Å². The van der Waals surface area contributed by atoms with Crippen LogP contribution >= 0.6 is 0 Å². The van der Waals surface area contributed by atoms with Crippen molar-refractivity contribution in [2.45, 2.75) is 26.4 Å². The van der Waals surface area contributed by atoms with E-state index in [2.05, 4.69) is 44.9 Å². The SMILES string of the molecule is CC(C)(C)[O-].Cn1ncc2c(N)nc(-c3cncnc3)nc21.N#Cc1cncnc1.[C-]#[N+]c1cnn(C)c1N.[K+]. The molecule has 0 aliphatic heterocycles. The molecule has 0 bridgehead atoms. The van der Waals surface area contributed by atoms with E-state index in [1.165, 1.54) is 35.9 Å². The van der Waals surface area contributed by atoms with Crippen molar-refractivity contribution < 1.29 is 56.5 Å². The Morgan fingerprint density at radius 1 is 0.900 bits per heavy atom. The molecule has 0 spiro atoms. The summed E-state index contributed by atoms with van der Waals surface area (Å²) in [5.74, 6) is 1.33. The van der Waals surface area contributed by atoms with Crippen molar-refractivity contribution in [3.63, 3.8) is 0 Å². The molecule has 0 aromatic carbocycles. The van der Waals surface area contributed by atoms with Crippen LogP contribution < -0.4 is 68.0 Å². The van der Waals surface area contributed by atoms with Crippen molar-refractivity contribution in [3.05, 3.63) is 66.8 Å². The molecule has 5 rings (SSSR count). The molecule has 0 atom stereocenters. The Kier molecular flexibility index (Phi) is 13.9. The number of nitrogens with two attached hydrogens (primary N) is 2. The van der Waals surface area contributed by atoms with E-state index in [0.717, 1.165) is 10.9 Å². The van der Waals surface area contributed by atoms with Crippen LogP contribution in [0.3, 0.4) is 0 Å². The molecular formula is C24H27KN14O. The molecule has 0 fully saturated rings. The average molecular weight is 567 g/mol. The number of nitriles is 1. The van der Waals surface area contributed by atoms with Crippen molar-refractivity contribution in [1.29, 1.82) is 5.26 Å². The molecule has 40 heavy (non-hydrogen) atoms. The molecule has 0 saturated heterocycles. The van der Waals surface area contributed by atoms with Crippen molar-refractivity contribution in [3.8, 4) is 17.5 Å². The molecule has 16 heteroatoms. The van der Waals surface area contributed by atoms with Crippen molar-refractivity contribution in [1.82, 2.24) is 49.5 Å². The third-order valence-electron chi connectivity index (χ3n) is 4.21. The van der Waals surface area contributed by atoms with E-state index < -0.39 is 5.60 Å². The van der Waals surface area contributed by atoms with Gasteiger partial charge in [0.2, 0.25) is 5.69 Å². The minimum atomic E-state index is -0.750. The van der Waals surface area contributed by atoms with E-state index in [0.29, 0.717) is 34.4 Å². The fourth-order valence-corrected chi connectivity index (χ4v) is 2.47. The van der Waals surface area contributed by atoms with Crippen LogP contribution in [0.1, 0.15) is 26.3 Å². The largest absolute Gasteiger partial charge is 1.00 e. The maximum atomic E-state index is 10.1. The van der Waals surface area contributed by atoms with Gasteiger partial charge in [-0.3, -0.25) is 9.36 Å². The van der Waals surface area contributed by atoms with E-state index in [4.69, 9.17) is 23.3 Å². The average Bonchev–Trinajstić information content (AvgIpc) is 3.46. The fourth-order valence-electron chi connectivity index (χ4n) is 2.47. The first-order valence-corrected chi connectivity index (χ1v) is 11.2. The zero-order chi connectivity index (χ0) is 29.0. The first kappa shape index (κ1) is 34.1. The molecule has 200 valence electrons. The third kappa shape index (κ3) is 11.1. The van der Waals surface area contributed by atoms with Gasteiger partial charge in [0, 0.05) is 38.9 Å². The second-order valence-electron chi connectivity index (χ2n) is 8.57. The fraction of sp³-hybridized carbons (Fsp3) is 0.250. The van der Waals surface area contributed by atoms with Crippen LogP contribution in [0.25, 0.3) is 27.3 Å². The van der Waals surface area contributed by atoms with Gasteiger partial charge in [-0.2, -0.15) is 15.5 Å². The molecule has 15 nitrogen and oxygen atoms in total. The number of hydrogen-bond donors (Lipinski definition) is 2. The summed E-state index contributed by atoms with van der Waals surface area (Å²) in [6.07, 6.45) is 12.2. The molecule has 0 aliphatic rings. The Morgan fingerprint density at radius 2 is 1.43 bits per heavy atom. The Morgan fingerprint density at radius 3 is 1.85 bits per heavy atom.